The number of amides is 2. The van der Waals surface area contributed by atoms with E-state index < -0.39 is 11.7 Å². The lowest BCUT2D eigenvalue weighted by atomic mass is 10.2. The summed E-state index contributed by atoms with van der Waals surface area (Å²) >= 11 is 1.49. The molecule has 0 radical (unpaired) electrons. The van der Waals surface area contributed by atoms with Crippen LogP contribution in [0.3, 0.4) is 0 Å². The van der Waals surface area contributed by atoms with Crippen LogP contribution in [-0.2, 0) is 6.18 Å². The lowest BCUT2D eigenvalue weighted by Gasteiger charge is -2.28. The Morgan fingerprint density at radius 3 is 2.58 bits per heavy atom. The molecule has 3 nitrogen and oxygen atoms in total. The standard InChI is InChI=1S/C17H17F3N2OS/c18-17(19,20)12-4-3-5-13(10-12)21-16(23)22(14-6-1-2-7-14)15-8-9-24-11-15/h3-5,8-11,14H,1-2,6-7H2,(H,21,23). The molecule has 0 unspecified atom stereocenters. The first-order chi connectivity index (χ1) is 11.4. The van der Waals surface area contributed by atoms with Gasteiger partial charge in [0.1, 0.15) is 0 Å². The number of hydrogen-bond acceptors (Lipinski definition) is 2. The number of anilines is 2. The van der Waals surface area contributed by atoms with E-state index in [0.29, 0.717) is 0 Å². The van der Waals surface area contributed by atoms with Crippen LogP contribution in [0.1, 0.15) is 31.2 Å². The Morgan fingerprint density at radius 2 is 1.96 bits per heavy atom. The third kappa shape index (κ3) is 3.72. The molecule has 1 aliphatic rings. The number of carbonyl (C=O) groups excluding carboxylic acids is 1. The van der Waals surface area contributed by atoms with E-state index in [1.54, 1.807) is 4.90 Å². The van der Waals surface area contributed by atoms with Crippen LogP contribution < -0.4 is 10.2 Å². The highest BCUT2D eigenvalue weighted by Crippen LogP contribution is 2.32. The maximum Gasteiger partial charge on any atom is 0.416 e. The lowest BCUT2D eigenvalue weighted by molar-refractivity contribution is -0.137. The van der Waals surface area contributed by atoms with Gasteiger partial charge in [0.25, 0.3) is 0 Å². The summed E-state index contributed by atoms with van der Waals surface area (Å²) in [5, 5.41) is 6.37. The smallest absolute Gasteiger partial charge is 0.308 e. The summed E-state index contributed by atoms with van der Waals surface area (Å²) in [6.07, 6.45) is -0.499. The minimum atomic E-state index is -4.43. The van der Waals surface area contributed by atoms with Crippen LogP contribution in [0.15, 0.2) is 41.1 Å². The Labute approximate surface area is 142 Å². The van der Waals surface area contributed by atoms with Gasteiger partial charge in [-0.05, 0) is 42.5 Å². The van der Waals surface area contributed by atoms with Gasteiger partial charge in [0.05, 0.1) is 11.3 Å². The fraction of sp³-hybridized carbons (Fsp3) is 0.353. The molecule has 1 N–H and O–H groups in total. The molecule has 1 aliphatic carbocycles. The molecule has 1 fully saturated rings. The number of benzene rings is 1. The van der Waals surface area contributed by atoms with Crippen molar-refractivity contribution in [1.82, 2.24) is 0 Å². The molecule has 1 saturated carbocycles. The van der Waals surface area contributed by atoms with Crippen molar-refractivity contribution < 1.29 is 18.0 Å². The van der Waals surface area contributed by atoms with Gasteiger partial charge in [-0.25, -0.2) is 4.79 Å². The number of carbonyl (C=O) groups is 1. The second-order valence-corrected chi connectivity index (χ2v) is 6.58. The summed E-state index contributed by atoms with van der Waals surface area (Å²) < 4.78 is 38.4. The highest BCUT2D eigenvalue weighted by Gasteiger charge is 2.31. The minimum Gasteiger partial charge on any atom is -0.308 e. The van der Waals surface area contributed by atoms with Crippen LogP contribution in [0.25, 0.3) is 0 Å². The fourth-order valence-electron chi connectivity index (χ4n) is 3.01. The first kappa shape index (κ1) is 16.8. The minimum absolute atomic E-state index is 0.0883. The summed E-state index contributed by atoms with van der Waals surface area (Å²) in [4.78, 5) is 14.4. The highest BCUT2D eigenvalue weighted by atomic mass is 32.1. The molecule has 2 amide bonds. The van der Waals surface area contributed by atoms with Crippen LogP contribution in [0.2, 0.25) is 0 Å². The van der Waals surface area contributed by atoms with Crippen molar-refractivity contribution in [2.24, 2.45) is 0 Å². The lowest BCUT2D eigenvalue weighted by Crippen LogP contribution is -2.41. The first-order valence-electron chi connectivity index (χ1n) is 7.75. The van der Waals surface area contributed by atoms with Crippen LogP contribution in [0, 0.1) is 0 Å². The Bertz CT molecular complexity index is 694. The zero-order valence-corrected chi connectivity index (χ0v) is 13.7. The molecule has 7 heteroatoms. The van der Waals surface area contributed by atoms with E-state index in [1.165, 1.54) is 23.5 Å². The van der Waals surface area contributed by atoms with E-state index in [9.17, 15) is 18.0 Å². The number of nitrogens with zero attached hydrogens (tertiary/aromatic N) is 1. The number of halogens is 3. The van der Waals surface area contributed by atoms with Crippen molar-refractivity contribution in [3.05, 3.63) is 46.7 Å². The molecule has 2 aromatic rings. The van der Waals surface area contributed by atoms with Crippen molar-refractivity contribution >= 4 is 28.7 Å². The van der Waals surface area contributed by atoms with Crippen molar-refractivity contribution in [3.8, 4) is 0 Å². The zero-order valence-electron chi connectivity index (χ0n) is 12.8. The Hall–Kier alpha value is -2.02. The number of rotatable bonds is 3. The second kappa shape index (κ2) is 6.84. The summed E-state index contributed by atoms with van der Waals surface area (Å²) in [5.41, 5.74) is 0.160. The molecular weight excluding hydrogens is 337 g/mol. The molecule has 1 aromatic heterocycles. The molecular formula is C17H17F3N2OS. The maximum absolute atomic E-state index is 12.8. The predicted octanol–water partition coefficient (Wildman–Crippen LogP) is 5.75. The Balaban J connectivity index is 1.81. The molecule has 3 rings (SSSR count). The second-order valence-electron chi connectivity index (χ2n) is 5.80. The summed E-state index contributed by atoms with van der Waals surface area (Å²) in [6, 6.07) is 6.26. The van der Waals surface area contributed by atoms with Gasteiger partial charge in [-0.3, -0.25) is 4.90 Å². The molecule has 0 bridgehead atoms. The average molecular weight is 354 g/mol. The highest BCUT2D eigenvalue weighted by molar-refractivity contribution is 7.08. The number of hydrogen-bond donors (Lipinski definition) is 1. The van der Waals surface area contributed by atoms with Gasteiger partial charge in [0, 0.05) is 17.1 Å². The first-order valence-corrected chi connectivity index (χ1v) is 8.69. The van der Waals surface area contributed by atoms with Crippen LogP contribution >= 0.6 is 11.3 Å². The summed E-state index contributed by atoms with van der Waals surface area (Å²) in [6.45, 7) is 0. The third-order valence-corrected chi connectivity index (χ3v) is 4.80. The van der Waals surface area contributed by atoms with Crippen LogP contribution in [0.4, 0.5) is 29.3 Å². The maximum atomic E-state index is 12.8. The van der Waals surface area contributed by atoms with Gasteiger partial charge in [0.2, 0.25) is 0 Å². The van der Waals surface area contributed by atoms with E-state index in [4.69, 9.17) is 0 Å². The normalized spacial score (nSPS) is 15.5. The van der Waals surface area contributed by atoms with E-state index in [0.717, 1.165) is 43.5 Å². The van der Waals surface area contributed by atoms with E-state index in [-0.39, 0.29) is 17.8 Å². The third-order valence-electron chi connectivity index (χ3n) is 4.13. The van der Waals surface area contributed by atoms with Gasteiger partial charge in [-0.1, -0.05) is 18.9 Å². The van der Waals surface area contributed by atoms with Gasteiger partial charge >= 0.3 is 12.2 Å². The SMILES string of the molecule is O=C(Nc1cccc(C(F)(F)F)c1)N(c1ccsc1)C1CCCC1. The molecule has 0 saturated heterocycles. The molecule has 1 heterocycles. The topological polar surface area (TPSA) is 32.3 Å². The fourth-order valence-corrected chi connectivity index (χ4v) is 3.64. The van der Waals surface area contributed by atoms with Crippen molar-refractivity contribution in [3.63, 3.8) is 0 Å². The molecule has 24 heavy (non-hydrogen) atoms. The van der Waals surface area contributed by atoms with Gasteiger partial charge in [-0.2, -0.15) is 24.5 Å². The Morgan fingerprint density at radius 1 is 1.21 bits per heavy atom. The van der Waals surface area contributed by atoms with Gasteiger partial charge in [0.15, 0.2) is 0 Å². The van der Waals surface area contributed by atoms with Crippen molar-refractivity contribution in [2.45, 2.75) is 37.9 Å². The number of alkyl halides is 3. The van der Waals surface area contributed by atoms with E-state index in [2.05, 4.69) is 5.32 Å². The van der Waals surface area contributed by atoms with Crippen LogP contribution in [-0.4, -0.2) is 12.1 Å². The monoisotopic (exact) mass is 354 g/mol. The molecule has 128 valence electrons. The van der Waals surface area contributed by atoms with E-state index >= 15 is 0 Å². The van der Waals surface area contributed by atoms with Gasteiger partial charge in [-0.15, -0.1) is 0 Å². The van der Waals surface area contributed by atoms with Gasteiger partial charge < -0.3 is 5.32 Å². The van der Waals surface area contributed by atoms with Crippen LogP contribution in [0.5, 0.6) is 0 Å². The van der Waals surface area contributed by atoms with E-state index in [1.807, 2.05) is 16.8 Å². The average Bonchev–Trinajstić information content (AvgIpc) is 3.21. The Kier molecular flexibility index (Phi) is 4.80. The quantitative estimate of drug-likeness (QED) is 0.748. The number of urea groups is 1. The summed E-state index contributed by atoms with van der Waals surface area (Å²) in [5.74, 6) is 0. The number of nitrogens with one attached hydrogen (secondary N) is 1. The molecule has 0 aliphatic heterocycles. The van der Waals surface area contributed by atoms with Crippen molar-refractivity contribution in [1.29, 1.82) is 0 Å². The molecule has 0 atom stereocenters. The predicted molar refractivity (Wildman–Crippen MR) is 89.5 cm³/mol. The van der Waals surface area contributed by atoms with Crippen molar-refractivity contribution in [2.75, 3.05) is 10.2 Å². The molecule has 0 spiro atoms. The zero-order chi connectivity index (χ0) is 17.2. The molecule has 1 aromatic carbocycles. The summed E-state index contributed by atoms with van der Waals surface area (Å²) in [7, 11) is 0. The number of thiophene rings is 1. The largest absolute Gasteiger partial charge is 0.416 e.